The zero-order valence-electron chi connectivity index (χ0n) is 19.4. The highest BCUT2D eigenvalue weighted by molar-refractivity contribution is 6.30. The number of amides is 1. The molecule has 1 aromatic heterocycles. The largest absolute Gasteiger partial charge is 0.492 e. The number of aromatic nitrogens is 2. The van der Waals surface area contributed by atoms with E-state index in [0.717, 1.165) is 12.8 Å². The molecule has 0 bridgehead atoms. The molecule has 1 heterocycles. The summed E-state index contributed by atoms with van der Waals surface area (Å²) in [5, 5.41) is 3.91. The second-order valence-corrected chi connectivity index (χ2v) is 9.49. The first-order valence-electron chi connectivity index (χ1n) is 11.3. The van der Waals surface area contributed by atoms with E-state index >= 15 is 0 Å². The van der Waals surface area contributed by atoms with E-state index in [1.807, 2.05) is 13.8 Å². The van der Waals surface area contributed by atoms with E-state index in [1.54, 1.807) is 35.9 Å². The summed E-state index contributed by atoms with van der Waals surface area (Å²) >= 11 is 12.4. The Balaban J connectivity index is 1.79. The molecule has 0 unspecified atom stereocenters. The number of nitrogens with zero attached hydrogens (tertiary/aromatic N) is 2. The predicted octanol–water partition coefficient (Wildman–Crippen LogP) is 5.36. The Morgan fingerprint density at radius 3 is 2.58 bits per heavy atom. The Morgan fingerprint density at radius 1 is 1.21 bits per heavy atom. The quantitative estimate of drug-likeness (QED) is 0.505. The van der Waals surface area contributed by atoms with Crippen LogP contribution in [-0.4, -0.2) is 41.3 Å². The molecule has 0 saturated heterocycles. The van der Waals surface area contributed by atoms with Gasteiger partial charge in [-0.15, -0.1) is 0 Å². The van der Waals surface area contributed by atoms with Crippen LogP contribution in [0.2, 0.25) is 10.3 Å². The van der Waals surface area contributed by atoms with Gasteiger partial charge in [-0.1, -0.05) is 36.8 Å². The van der Waals surface area contributed by atoms with Crippen LogP contribution in [0.3, 0.4) is 0 Å². The van der Waals surface area contributed by atoms with Gasteiger partial charge < -0.3 is 19.4 Å². The number of nitrogens with one attached hydrogen (secondary N) is 1. The van der Waals surface area contributed by atoms with Crippen LogP contribution in [0.25, 0.3) is 0 Å². The summed E-state index contributed by atoms with van der Waals surface area (Å²) in [6.45, 7) is 4.98. The summed E-state index contributed by atoms with van der Waals surface area (Å²) in [5.41, 5.74) is -0.00301. The molecule has 33 heavy (non-hydrogen) atoms. The Labute approximate surface area is 206 Å². The van der Waals surface area contributed by atoms with Crippen LogP contribution in [0.4, 0.5) is 0 Å². The molecule has 0 aliphatic heterocycles. The van der Waals surface area contributed by atoms with Crippen LogP contribution >= 0.6 is 23.2 Å². The van der Waals surface area contributed by atoms with Crippen molar-refractivity contribution in [1.29, 1.82) is 0 Å². The number of rotatable bonds is 8. The minimum absolute atomic E-state index is 0.192. The molecule has 1 aliphatic rings. The molecule has 1 fully saturated rings. The highest BCUT2D eigenvalue weighted by Gasteiger charge is 2.23. The number of hydrogen-bond donors (Lipinski definition) is 1. The van der Waals surface area contributed by atoms with Gasteiger partial charge in [-0.2, -0.15) is 0 Å². The summed E-state index contributed by atoms with van der Waals surface area (Å²) in [7, 11) is 1.59. The number of hydrogen-bond acceptors (Lipinski definition) is 4. The monoisotopic (exact) mass is 491 g/mol. The van der Waals surface area contributed by atoms with Gasteiger partial charge in [-0.3, -0.25) is 4.79 Å². The standard InChI is InChI=1S/C25H31Cl2N3O3/c1-25(2,32-3)14-13-21-22(23(31)28-17-18-7-5-4-6-8-18)30(24(27)29-21)15-16-33-20-11-9-19(26)10-12-20/h9-12,18H,4-8,15-17H2,1-3H3,(H,28,31). The second-order valence-electron chi connectivity index (χ2n) is 8.71. The highest BCUT2D eigenvalue weighted by atomic mass is 35.5. The van der Waals surface area contributed by atoms with Gasteiger partial charge in [0.2, 0.25) is 5.28 Å². The third-order valence-corrected chi connectivity index (χ3v) is 6.34. The highest BCUT2D eigenvalue weighted by Crippen LogP contribution is 2.23. The fourth-order valence-corrected chi connectivity index (χ4v) is 4.08. The van der Waals surface area contributed by atoms with Crippen molar-refractivity contribution in [2.45, 2.75) is 58.1 Å². The van der Waals surface area contributed by atoms with Crippen LogP contribution in [-0.2, 0) is 11.3 Å². The normalized spacial score (nSPS) is 14.5. The van der Waals surface area contributed by atoms with Gasteiger partial charge in [0, 0.05) is 18.7 Å². The molecule has 0 atom stereocenters. The molecule has 2 aromatic rings. The number of halogens is 2. The van der Waals surface area contributed by atoms with Gasteiger partial charge in [0.1, 0.15) is 29.3 Å². The maximum atomic E-state index is 13.2. The Bertz CT molecular complexity index is 1000. The SMILES string of the molecule is COC(C)(C)C#Cc1nc(Cl)n(CCOc2ccc(Cl)cc2)c1C(=O)NCC1CCCCC1. The maximum Gasteiger partial charge on any atom is 0.270 e. The number of carbonyl (C=O) groups excluding carboxylic acids is 1. The molecule has 178 valence electrons. The van der Waals surface area contributed by atoms with E-state index in [9.17, 15) is 4.79 Å². The summed E-state index contributed by atoms with van der Waals surface area (Å²) in [6.07, 6.45) is 5.99. The predicted molar refractivity (Wildman–Crippen MR) is 131 cm³/mol. The lowest BCUT2D eigenvalue weighted by Gasteiger charge is -2.22. The third-order valence-electron chi connectivity index (χ3n) is 5.80. The zero-order valence-corrected chi connectivity index (χ0v) is 20.9. The summed E-state index contributed by atoms with van der Waals surface area (Å²) < 4.78 is 12.8. The third kappa shape index (κ3) is 7.40. The Kier molecular flexibility index (Phi) is 9.08. The topological polar surface area (TPSA) is 65.4 Å². The lowest BCUT2D eigenvalue weighted by Crippen LogP contribution is -2.32. The molecular weight excluding hydrogens is 461 g/mol. The van der Waals surface area contributed by atoms with Crippen LogP contribution in [0.1, 0.15) is 62.1 Å². The molecule has 0 radical (unpaired) electrons. The molecule has 1 aliphatic carbocycles. The van der Waals surface area contributed by atoms with Crippen molar-refractivity contribution >= 4 is 29.1 Å². The average molecular weight is 492 g/mol. The molecule has 1 amide bonds. The molecule has 3 rings (SSSR count). The van der Waals surface area contributed by atoms with Crippen molar-refractivity contribution in [2.75, 3.05) is 20.3 Å². The molecule has 1 N–H and O–H groups in total. The first-order chi connectivity index (χ1) is 15.8. The Hall–Kier alpha value is -2.20. The fraction of sp³-hybridized carbons (Fsp3) is 0.520. The van der Waals surface area contributed by atoms with Crippen molar-refractivity contribution in [3.8, 4) is 17.6 Å². The lowest BCUT2D eigenvalue weighted by atomic mass is 9.89. The van der Waals surface area contributed by atoms with Gasteiger partial charge >= 0.3 is 0 Å². The van der Waals surface area contributed by atoms with Gasteiger partial charge in [0.25, 0.3) is 5.91 Å². The van der Waals surface area contributed by atoms with E-state index in [-0.39, 0.29) is 11.2 Å². The van der Waals surface area contributed by atoms with E-state index in [2.05, 4.69) is 22.1 Å². The van der Waals surface area contributed by atoms with Gasteiger partial charge in [0.15, 0.2) is 0 Å². The molecule has 8 heteroatoms. The van der Waals surface area contributed by atoms with Crippen molar-refractivity contribution in [2.24, 2.45) is 5.92 Å². The van der Waals surface area contributed by atoms with E-state index in [1.165, 1.54) is 19.3 Å². The molecule has 0 spiro atoms. The van der Waals surface area contributed by atoms with E-state index in [0.29, 0.717) is 47.8 Å². The maximum absolute atomic E-state index is 13.2. The summed E-state index contributed by atoms with van der Waals surface area (Å²) in [4.78, 5) is 17.6. The molecule has 1 saturated carbocycles. The summed E-state index contributed by atoms with van der Waals surface area (Å²) in [5.74, 6) is 6.97. The van der Waals surface area contributed by atoms with Gasteiger partial charge in [-0.25, -0.2) is 4.98 Å². The minimum atomic E-state index is -0.677. The second kappa shape index (κ2) is 11.8. The van der Waals surface area contributed by atoms with E-state index < -0.39 is 5.60 Å². The minimum Gasteiger partial charge on any atom is -0.492 e. The van der Waals surface area contributed by atoms with E-state index in [4.69, 9.17) is 32.7 Å². The number of methoxy groups -OCH3 is 1. The number of imidazole rings is 1. The lowest BCUT2D eigenvalue weighted by molar-refractivity contribution is 0.0741. The van der Waals surface area contributed by atoms with Crippen molar-refractivity contribution < 1.29 is 14.3 Å². The van der Waals surface area contributed by atoms with Crippen LogP contribution in [0.5, 0.6) is 5.75 Å². The smallest absolute Gasteiger partial charge is 0.270 e. The van der Waals surface area contributed by atoms with Crippen LogP contribution in [0, 0.1) is 17.8 Å². The molecular formula is C25H31Cl2N3O3. The Morgan fingerprint density at radius 2 is 1.91 bits per heavy atom. The molecule has 6 nitrogen and oxygen atoms in total. The van der Waals surface area contributed by atoms with Crippen molar-refractivity contribution in [1.82, 2.24) is 14.9 Å². The summed E-state index contributed by atoms with van der Waals surface area (Å²) in [6, 6.07) is 7.10. The zero-order chi connectivity index (χ0) is 23.8. The average Bonchev–Trinajstić information content (AvgIpc) is 3.13. The first kappa shape index (κ1) is 25.4. The van der Waals surface area contributed by atoms with Crippen molar-refractivity contribution in [3.05, 3.63) is 46.0 Å². The van der Waals surface area contributed by atoms with Gasteiger partial charge in [-0.05, 0) is 74.4 Å². The number of benzene rings is 1. The molecule has 1 aromatic carbocycles. The first-order valence-corrected chi connectivity index (χ1v) is 12.1. The van der Waals surface area contributed by atoms with Crippen molar-refractivity contribution in [3.63, 3.8) is 0 Å². The van der Waals surface area contributed by atoms with Gasteiger partial charge in [0.05, 0.1) is 6.54 Å². The van der Waals surface area contributed by atoms with Crippen LogP contribution < -0.4 is 10.1 Å². The van der Waals surface area contributed by atoms with Crippen LogP contribution in [0.15, 0.2) is 24.3 Å². The number of ether oxygens (including phenoxy) is 2. The fourth-order valence-electron chi connectivity index (χ4n) is 3.71. The number of carbonyl (C=O) groups is 1.